The van der Waals surface area contributed by atoms with Gasteiger partial charge >= 0.3 is 0 Å². The second-order valence-electron chi connectivity index (χ2n) is 6.77. The lowest BCUT2D eigenvalue weighted by molar-refractivity contribution is -0.892. The van der Waals surface area contributed by atoms with Gasteiger partial charge < -0.3 is 10.2 Å². The molecule has 0 aliphatic carbocycles. The highest BCUT2D eigenvalue weighted by Gasteiger charge is 2.27. The van der Waals surface area contributed by atoms with E-state index in [1.54, 1.807) is 0 Å². The maximum atomic E-state index is 12.4. The monoisotopic (exact) mass is 348 g/mol. The van der Waals surface area contributed by atoms with Crippen LogP contribution in [0, 0.1) is 0 Å². The number of aromatic nitrogens is 1. The van der Waals surface area contributed by atoms with Gasteiger partial charge in [0.15, 0.2) is 6.54 Å². The molecule has 1 aliphatic heterocycles. The molecule has 1 aromatic heterocycles. The number of fused-ring (bicyclic) bond motifs is 1. The number of carbonyl (C=O) groups excluding carboxylic acids is 1. The molecule has 0 saturated carbocycles. The Labute approximate surface area is 153 Å². The van der Waals surface area contributed by atoms with Crippen LogP contribution in [0.3, 0.4) is 0 Å². The SMILES string of the molecule is O=C(C[NH+]1CCN(c2cccc[nH+]2)CC1)Nc1ccc2ccccc2c1. The van der Waals surface area contributed by atoms with Crippen LogP contribution >= 0.6 is 0 Å². The molecule has 132 valence electrons. The lowest BCUT2D eigenvalue weighted by Crippen LogP contribution is -3.15. The largest absolute Gasteiger partial charge is 0.321 e. The van der Waals surface area contributed by atoms with Gasteiger partial charge in [-0.25, -0.2) is 4.98 Å². The molecule has 5 heteroatoms. The van der Waals surface area contributed by atoms with Gasteiger partial charge in [0, 0.05) is 11.8 Å². The molecule has 0 spiro atoms. The number of hydrogen-bond donors (Lipinski definition) is 2. The van der Waals surface area contributed by atoms with Crippen molar-refractivity contribution in [2.75, 3.05) is 42.9 Å². The molecule has 26 heavy (non-hydrogen) atoms. The van der Waals surface area contributed by atoms with Gasteiger partial charge in [-0.05, 0) is 29.0 Å². The van der Waals surface area contributed by atoms with Crippen molar-refractivity contribution < 1.29 is 14.7 Å². The molecule has 1 aliphatic rings. The molecular weight excluding hydrogens is 324 g/mol. The summed E-state index contributed by atoms with van der Waals surface area (Å²) >= 11 is 0. The van der Waals surface area contributed by atoms with Crippen molar-refractivity contribution in [1.29, 1.82) is 0 Å². The van der Waals surface area contributed by atoms with Crippen LogP contribution in [0.4, 0.5) is 11.5 Å². The molecule has 1 amide bonds. The Balaban J connectivity index is 1.31. The molecule has 1 saturated heterocycles. The number of quaternary nitrogens is 1. The first-order chi connectivity index (χ1) is 12.8. The third kappa shape index (κ3) is 3.83. The predicted molar refractivity (Wildman–Crippen MR) is 103 cm³/mol. The summed E-state index contributed by atoms with van der Waals surface area (Å²) in [6.07, 6.45) is 1.95. The van der Waals surface area contributed by atoms with Crippen LogP contribution in [0.5, 0.6) is 0 Å². The van der Waals surface area contributed by atoms with Crippen LogP contribution in [0.25, 0.3) is 10.8 Å². The van der Waals surface area contributed by atoms with Gasteiger partial charge in [0.05, 0.1) is 6.20 Å². The summed E-state index contributed by atoms with van der Waals surface area (Å²) in [7, 11) is 0. The molecule has 5 nitrogen and oxygen atoms in total. The standard InChI is InChI=1S/C21H22N4O/c26-21(23-19-9-8-17-5-1-2-6-18(17)15-19)16-24-11-13-25(14-12-24)20-7-3-4-10-22-20/h1-10,15H,11-14,16H2,(H,23,26)/p+2. The van der Waals surface area contributed by atoms with Crippen molar-refractivity contribution in [3.05, 3.63) is 66.9 Å². The van der Waals surface area contributed by atoms with Crippen molar-refractivity contribution >= 4 is 28.2 Å². The first-order valence-corrected chi connectivity index (χ1v) is 9.12. The van der Waals surface area contributed by atoms with Crippen molar-refractivity contribution in [3.63, 3.8) is 0 Å². The Morgan fingerprint density at radius 2 is 1.77 bits per heavy atom. The van der Waals surface area contributed by atoms with E-state index in [0.29, 0.717) is 6.54 Å². The Morgan fingerprint density at radius 1 is 1.00 bits per heavy atom. The van der Waals surface area contributed by atoms with Gasteiger partial charge in [-0.2, -0.15) is 0 Å². The van der Waals surface area contributed by atoms with Gasteiger partial charge in [-0.1, -0.05) is 36.4 Å². The fourth-order valence-electron chi connectivity index (χ4n) is 3.52. The zero-order valence-electron chi connectivity index (χ0n) is 14.7. The maximum absolute atomic E-state index is 12.4. The van der Waals surface area contributed by atoms with Crippen molar-refractivity contribution in [1.82, 2.24) is 0 Å². The number of carbonyl (C=O) groups is 1. The number of hydrogen-bond acceptors (Lipinski definition) is 2. The summed E-state index contributed by atoms with van der Waals surface area (Å²) < 4.78 is 0. The van der Waals surface area contributed by atoms with E-state index in [4.69, 9.17) is 0 Å². The summed E-state index contributed by atoms with van der Waals surface area (Å²) in [5, 5.41) is 5.37. The minimum atomic E-state index is 0.0787. The fourth-order valence-corrected chi connectivity index (χ4v) is 3.52. The highest BCUT2D eigenvalue weighted by molar-refractivity contribution is 5.94. The molecule has 0 radical (unpaired) electrons. The van der Waals surface area contributed by atoms with E-state index in [-0.39, 0.29) is 5.91 Å². The Morgan fingerprint density at radius 3 is 2.54 bits per heavy atom. The van der Waals surface area contributed by atoms with Crippen LogP contribution in [0.1, 0.15) is 0 Å². The molecule has 1 fully saturated rings. The van der Waals surface area contributed by atoms with Crippen molar-refractivity contribution in [2.24, 2.45) is 0 Å². The highest BCUT2D eigenvalue weighted by atomic mass is 16.2. The minimum absolute atomic E-state index is 0.0787. The Bertz CT molecular complexity index is 889. The lowest BCUT2D eigenvalue weighted by Gasteiger charge is -2.27. The molecule has 2 aromatic carbocycles. The topological polar surface area (TPSA) is 50.9 Å². The van der Waals surface area contributed by atoms with Gasteiger partial charge in [0.1, 0.15) is 26.2 Å². The molecule has 3 aromatic rings. The molecule has 4 rings (SSSR count). The number of rotatable bonds is 4. The quantitative estimate of drug-likeness (QED) is 0.739. The second-order valence-corrected chi connectivity index (χ2v) is 6.77. The van der Waals surface area contributed by atoms with Crippen molar-refractivity contribution in [2.45, 2.75) is 0 Å². The van der Waals surface area contributed by atoms with Gasteiger partial charge in [-0.3, -0.25) is 9.69 Å². The first kappa shape index (κ1) is 16.5. The van der Waals surface area contributed by atoms with E-state index in [0.717, 1.165) is 43.1 Å². The number of anilines is 2. The van der Waals surface area contributed by atoms with E-state index in [2.05, 4.69) is 33.4 Å². The van der Waals surface area contributed by atoms with Gasteiger partial charge in [0.2, 0.25) is 0 Å². The Kier molecular flexibility index (Phi) is 4.80. The summed E-state index contributed by atoms with van der Waals surface area (Å²) in [6, 6.07) is 20.4. The first-order valence-electron chi connectivity index (χ1n) is 9.12. The number of piperazine rings is 1. The summed E-state index contributed by atoms with van der Waals surface area (Å²) in [5.41, 5.74) is 0.866. The average Bonchev–Trinajstić information content (AvgIpc) is 2.69. The number of aromatic amines is 1. The number of benzene rings is 2. The van der Waals surface area contributed by atoms with Crippen LogP contribution in [0.2, 0.25) is 0 Å². The summed E-state index contributed by atoms with van der Waals surface area (Å²) in [5.74, 6) is 1.22. The molecule has 3 N–H and O–H groups in total. The lowest BCUT2D eigenvalue weighted by atomic mass is 10.1. The number of amides is 1. The molecule has 0 bridgehead atoms. The Hall–Kier alpha value is -2.92. The summed E-state index contributed by atoms with van der Waals surface area (Å²) in [4.78, 5) is 19.4. The van der Waals surface area contributed by atoms with E-state index in [9.17, 15) is 4.79 Å². The third-order valence-electron chi connectivity index (χ3n) is 4.95. The molecule has 2 heterocycles. The minimum Gasteiger partial charge on any atom is -0.321 e. The van der Waals surface area contributed by atoms with Gasteiger partial charge in [-0.15, -0.1) is 0 Å². The van der Waals surface area contributed by atoms with E-state index in [1.807, 2.05) is 48.7 Å². The number of H-pyrrole nitrogens is 1. The van der Waals surface area contributed by atoms with E-state index < -0.39 is 0 Å². The van der Waals surface area contributed by atoms with Crippen molar-refractivity contribution in [3.8, 4) is 0 Å². The number of nitrogens with one attached hydrogen (secondary N) is 3. The van der Waals surface area contributed by atoms with Crippen LogP contribution in [-0.2, 0) is 4.79 Å². The van der Waals surface area contributed by atoms with Crippen LogP contribution in [-0.4, -0.2) is 38.6 Å². The zero-order chi connectivity index (χ0) is 17.8. The van der Waals surface area contributed by atoms with E-state index >= 15 is 0 Å². The molecular formula is C21H24N4O+2. The number of pyridine rings is 1. The third-order valence-corrected chi connectivity index (χ3v) is 4.95. The number of nitrogens with zero attached hydrogens (tertiary/aromatic N) is 1. The zero-order valence-corrected chi connectivity index (χ0v) is 14.7. The normalized spacial score (nSPS) is 15.2. The maximum Gasteiger partial charge on any atom is 0.279 e. The predicted octanol–water partition coefficient (Wildman–Crippen LogP) is 0.998. The second kappa shape index (κ2) is 7.54. The van der Waals surface area contributed by atoms with Gasteiger partial charge in [0.25, 0.3) is 11.7 Å². The molecule has 0 unspecified atom stereocenters. The summed E-state index contributed by atoms with van der Waals surface area (Å²) in [6.45, 7) is 4.36. The molecule has 0 atom stereocenters. The smallest absolute Gasteiger partial charge is 0.279 e. The highest BCUT2D eigenvalue weighted by Crippen LogP contribution is 2.18. The van der Waals surface area contributed by atoms with Crippen LogP contribution < -0.4 is 20.1 Å². The van der Waals surface area contributed by atoms with E-state index in [1.165, 1.54) is 10.3 Å². The average molecular weight is 348 g/mol. The van der Waals surface area contributed by atoms with Crippen LogP contribution in [0.15, 0.2) is 66.9 Å². The fraction of sp³-hybridized carbons (Fsp3) is 0.238.